The average molecular weight is 285 g/mol. The summed E-state index contributed by atoms with van der Waals surface area (Å²) < 4.78 is 0. The van der Waals surface area contributed by atoms with Crippen LogP contribution >= 0.6 is 0 Å². The van der Waals surface area contributed by atoms with Crippen molar-refractivity contribution in [2.24, 2.45) is 5.92 Å². The summed E-state index contributed by atoms with van der Waals surface area (Å²) in [6.45, 7) is 0. The van der Waals surface area contributed by atoms with E-state index in [0.29, 0.717) is 5.69 Å². The number of benzene rings is 1. The lowest BCUT2D eigenvalue weighted by Crippen LogP contribution is -2.44. The third-order valence-corrected chi connectivity index (χ3v) is 3.54. The lowest BCUT2D eigenvalue weighted by Gasteiger charge is -2.15. The van der Waals surface area contributed by atoms with Crippen molar-refractivity contribution in [2.75, 3.05) is 5.32 Å². The van der Waals surface area contributed by atoms with Crippen LogP contribution in [0.25, 0.3) is 10.9 Å². The minimum absolute atomic E-state index is 0.0439. The molecule has 1 aliphatic rings. The predicted molar refractivity (Wildman–Crippen MR) is 78.0 cm³/mol. The van der Waals surface area contributed by atoms with Gasteiger partial charge in [0.25, 0.3) is 0 Å². The Morgan fingerprint density at radius 1 is 1.24 bits per heavy atom. The molecule has 3 rings (SSSR count). The van der Waals surface area contributed by atoms with Crippen molar-refractivity contribution in [3.63, 3.8) is 0 Å². The monoisotopic (exact) mass is 285 g/mol. The van der Waals surface area contributed by atoms with Crippen LogP contribution < -0.4 is 10.6 Å². The summed E-state index contributed by atoms with van der Waals surface area (Å²) in [5.74, 6) is -0.949. The molecule has 6 nitrogen and oxygen atoms in total. The highest BCUT2D eigenvalue weighted by molar-refractivity contribution is 6.01. The zero-order chi connectivity index (χ0) is 14.8. The molecule has 1 unspecified atom stereocenters. The van der Waals surface area contributed by atoms with Gasteiger partial charge in [-0.3, -0.25) is 4.98 Å². The molecule has 1 saturated carbocycles. The van der Waals surface area contributed by atoms with Gasteiger partial charge in [0.05, 0.1) is 11.2 Å². The number of pyridine rings is 1. The average Bonchev–Trinajstić information content (AvgIpc) is 3.29. The molecular weight excluding hydrogens is 270 g/mol. The molecule has 108 valence electrons. The van der Waals surface area contributed by atoms with Gasteiger partial charge >= 0.3 is 12.0 Å². The van der Waals surface area contributed by atoms with Crippen molar-refractivity contribution in [2.45, 2.75) is 18.9 Å². The van der Waals surface area contributed by atoms with Crippen LogP contribution in [0.4, 0.5) is 10.5 Å². The summed E-state index contributed by atoms with van der Waals surface area (Å²) in [5.41, 5.74) is 1.38. The van der Waals surface area contributed by atoms with Gasteiger partial charge < -0.3 is 15.7 Å². The van der Waals surface area contributed by atoms with Gasteiger partial charge in [0.2, 0.25) is 0 Å². The largest absolute Gasteiger partial charge is 0.480 e. The molecule has 1 aromatic heterocycles. The van der Waals surface area contributed by atoms with Crippen LogP contribution in [0.2, 0.25) is 0 Å². The smallest absolute Gasteiger partial charge is 0.326 e. The van der Waals surface area contributed by atoms with E-state index in [2.05, 4.69) is 15.6 Å². The third kappa shape index (κ3) is 2.94. The Kier molecular flexibility index (Phi) is 3.43. The summed E-state index contributed by atoms with van der Waals surface area (Å²) in [7, 11) is 0. The second-order valence-corrected chi connectivity index (χ2v) is 5.13. The molecule has 1 aliphatic carbocycles. The molecule has 6 heteroatoms. The molecule has 1 fully saturated rings. The summed E-state index contributed by atoms with van der Waals surface area (Å²) in [4.78, 5) is 27.3. The van der Waals surface area contributed by atoms with Crippen LogP contribution in [-0.4, -0.2) is 28.1 Å². The summed E-state index contributed by atoms with van der Waals surface area (Å²) in [6, 6.07) is 7.71. The number of amides is 2. The minimum atomic E-state index is -0.993. The third-order valence-electron chi connectivity index (χ3n) is 3.54. The molecule has 1 heterocycles. The number of anilines is 1. The number of aromatic nitrogens is 1. The zero-order valence-corrected chi connectivity index (χ0v) is 11.2. The minimum Gasteiger partial charge on any atom is -0.480 e. The second-order valence-electron chi connectivity index (χ2n) is 5.13. The fraction of sp³-hybridized carbons (Fsp3) is 0.267. The predicted octanol–water partition coefficient (Wildman–Crippen LogP) is 2.22. The molecule has 1 aromatic carbocycles. The van der Waals surface area contributed by atoms with Crippen LogP contribution in [0.15, 0.2) is 36.5 Å². The maximum Gasteiger partial charge on any atom is 0.326 e. The first-order valence-corrected chi connectivity index (χ1v) is 6.79. The fourth-order valence-electron chi connectivity index (χ4n) is 2.32. The number of fused-ring (bicyclic) bond motifs is 1. The number of hydrogen-bond donors (Lipinski definition) is 3. The number of carboxylic acid groups (broad SMARTS) is 1. The summed E-state index contributed by atoms with van der Waals surface area (Å²) in [5, 5.41) is 15.2. The Balaban J connectivity index is 1.75. The fourth-order valence-corrected chi connectivity index (χ4v) is 2.32. The van der Waals surface area contributed by atoms with E-state index in [0.717, 1.165) is 23.7 Å². The van der Waals surface area contributed by atoms with E-state index in [-0.39, 0.29) is 5.92 Å². The molecular formula is C15H15N3O3. The Labute approximate surface area is 121 Å². The quantitative estimate of drug-likeness (QED) is 0.803. The van der Waals surface area contributed by atoms with Crippen molar-refractivity contribution < 1.29 is 14.7 Å². The zero-order valence-electron chi connectivity index (χ0n) is 11.2. The normalized spacial score (nSPS) is 15.4. The van der Waals surface area contributed by atoms with Gasteiger partial charge in [-0.1, -0.05) is 6.07 Å². The SMILES string of the molecule is O=C(Nc1cccc2ncccc12)NC(C(=O)O)C1CC1. The molecule has 0 aliphatic heterocycles. The van der Waals surface area contributed by atoms with Crippen LogP contribution in [0.5, 0.6) is 0 Å². The highest BCUT2D eigenvalue weighted by Gasteiger charge is 2.37. The van der Waals surface area contributed by atoms with Gasteiger partial charge in [-0.15, -0.1) is 0 Å². The van der Waals surface area contributed by atoms with E-state index in [1.807, 2.05) is 12.1 Å². The van der Waals surface area contributed by atoms with E-state index in [4.69, 9.17) is 5.11 Å². The summed E-state index contributed by atoms with van der Waals surface area (Å²) >= 11 is 0. The van der Waals surface area contributed by atoms with Gasteiger partial charge in [-0.2, -0.15) is 0 Å². The number of carboxylic acids is 1. The maximum absolute atomic E-state index is 12.0. The van der Waals surface area contributed by atoms with E-state index in [1.165, 1.54) is 0 Å². The molecule has 2 aromatic rings. The van der Waals surface area contributed by atoms with Crippen molar-refractivity contribution in [3.05, 3.63) is 36.5 Å². The van der Waals surface area contributed by atoms with E-state index >= 15 is 0 Å². The Bertz CT molecular complexity index is 692. The number of urea groups is 1. The van der Waals surface area contributed by atoms with Crippen LogP contribution in [0.1, 0.15) is 12.8 Å². The number of carbonyl (C=O) groups is 2. The maximum atomic E-state index is 12.0. The molecule has 2 amide bonds. The standard InChI is InChI=1S/C15H15N3O3/c19-14(20)13(9-6-7-9)18-15(21)17-12-5-1-4-11-10(12)3-2-8-16-11/h1-5,8-9,13H,6-7H2,(H,19,20)(H2,17,18,21). The topological polar surface area (TPSA) is 91.3 Å². The van der Waals surface area contributed by atoms with Crippen molar-refractivity contribution in [1.29, 1.82) is 0 Å². The molecule has 0 spiro atoms. The van der Waals surface area contributed by atoms with Crippen LogP contribution in [0, 0.1) is 5.92 Å². The molecule has 3 N–H and O–H groups in total. The Hall–Kier alpha value is -2.63. The van der Waals surface area contributed by atoms with Crippen molar-refractivity contribution >= 4 is 28.6 Å². The number of carbonyl (C=O) groups excluding carboxylic acids is 1. The second kappa shape index (κ2) is 5.40. The first-order valence-electron chi connectivity index (χ1n) is 6.79. The Morgan fingerprint density at radius 3 is 2.76 bits per heavy atom. The number of rotatable bonds is 4. The van der Waals surface area contributed by atoms with Crippen LogP contribution in [-0.2, 0) is 4.79 Å². The lowest BCUT2D eigenvalue weighted by molar-refractivity contribution is -0.139. The Morgan fingerprint density at radius 2 is 2.05 bits per heavy atom. The van der Waals surface area contributed by atoms with Gasteiger partial charge in [-0.05, 0) is 43.0 Å². The molecule has 0 radical (unpaired) electrons. The van der Waals surface area contributed by atoms with Crippen molar-refractivity contribution in [3.8, 4) is 0 Å². The highest BCUT2D eigenvalue weighted by atomic mass is 16.4. The lowest BCUT2D eigenvalue weighted by atomic mass is 10.2. The van der Waals surface area contributed by atoms with Crippen LogP contribution in [0.3, 0.4) is 0 Å². The van der Waals surface area contributed by atoms with Gasteiger partial charge in [0, 0.05) is 11.6 Å². The van der Waals surface area contributed by atoms with Gasteiger partial charge in [-0.25, -0.2) is 9.59 Å². The van der Waals surface area contributed by atoms with E-state index < -0.39 is 18.0 Å². The van der Waals surface area contributed by atoms with E-state index in [1.54, 1.807) is 24.4 Å². The first-order chi connectivity index (χ1) is 10.1. The van der Waals surface area contributed by atoms with E-state index in [9.17, 15) is 9.59 Å². The van der Waals surface area contributed by atoms with Crippen molar-refractivity contribution in [1.82, 2.24) is 10.3 Å². The van der Waals surface area contributed by atoms with Gasteiger partial charge in [0.1, 0.15) is 6.04 Å². The number of nitrogens with zero attached hydrogens (tertiary/aromatic N) is 1. The highest BCUT2D eigenvalue weighted by Crippen LogP contribution is 2.32. The molecule has 0 bridgehead atoms. The van der Waals surface area contributed by atoms with Gasteiger partial charge in [0.15, 0.2) is 0 Å². The molecule has 0 saturated heterocycles. The molecule has 21 heavy (non-hydrogen) atoms. The number of hydrogen-bond acceptors (Lipinski definition) is 3. The molecule has 1 atom stereocenters. The number of nitrogens with one attached hydrogen (secondary N) is 2. The summed E-state index contributed by atoms with van der Waals surface area (Å²) in [6.07, 6.45) is 3.37. The number of aliphatic carboxylic acids is 1. The first kappa shape index (κ1) is 13.4.